The molecule has 0 saturated heterocycles. The molecule has 1 rings (SSSR count). The summed E-state index contributed by atoms with van der Waals surface area (Å²) in [6.07, 6.45) is 1.63. The summed E-state index contributed by atoms with van der Waals surface area (Å²) in [5.74, 6) is -0.241. The Morgan fingerprint density at radius 1 is 1.50 bits per heavy atom. The average molecular weight is 162 g/mol. The predicted molar refractivity (Wildman–Crippen MR) is 51.2 cm³/mol. The Morgan fingerprint density at radius 3 is 2.67 bits per heavy atom. The summed E-state index contributed by atoms with van der Waals surface area (Å²) in [5, 5.41) is 0. The molecule has 1 aromatic rings. The van der Waals surface area contributed by atoms with Gasteiger partial charge in [0.1, 0.15) is 5.82 Å². The van der Waals surface area contributed by atoms with Gasteiger partial charge in [0.25, 0.3) is 0 Å². The van der Waals surface area contributed by atoms with Gasteiger partial charge in [-0.25, -0.2) is 4.39 Å². The smallest absolute Gasteiger partial charge is 0.123 e. The van der Waals surface area contributed by atoms with Crippen LogP contribution < -0.4 is 0 Å². The lowest BCUT2D eigenvalue weighted by Gasteiger charge is -2.04. The predicted octanol–water partition coefficient (Wildman–Crippen LogP) is 3.50. The molecule has 0 radical (unpaired) electrons. The van der Waals surface area contributed by atoms with E-state index in [1.165, 1.54) is 12.1 Å². The van der Waals surface area contributed by atoms with E-state index in [4.69, 9.17) is 0 Å². The van der Waals surface area contributed by atoms with E-state index in [0.717, 1.165) is 16.7 Å². The van der Waals surface area contributed by atoms with Gasteiger partial charge in [0, 0.05) is 0 Å². The third-order valence-electron chi connectivity index (χ3n) is 1.69. The van der Waals surface area contributed by atoms with Crippen LogP contribution in [0.4, 0.5) is 4.39 Å². The van der Waals surface area contributed by atoms with Crippen LogP contribution in [0.15, 0.2) is 31.4 Å². The van der Waals surface area contributed by atoms with Gasteiger partial charge in [0.05, 0.1) is 0 Å². The molecule has 1 heteroatoms. The van der Waals surface area contributed by atoms with Crippen LogP contribution in [0, 0.1) is 5.82 Å². The van der Waals surface area contributed by atoms with Crippen LogP contribution >= 0.6 is 0 Å². The fourth-order valence-corrected chi connectivity index (χ4v) is 1.09. The molecule has 0 nitrogen and oxygen atoms in total. The van der Waals surface area contributed by atoms with Crippen molar-refractivity contribution < 1.29 is 4.39 Å². The van der Waals surface area contributed by atoms with Crippen molar-refractivity contribution in [3.8, 4) is 0 Å². The maximum absolute atomic E-state index is 12.7. The summed E-state index contributed by atoms with van der Waals surface area (Å²) in [5.41, 5.74) is 2.67. The second-order valence-electron chi connectivity index (χ2n) is 2.72. The average Bonchev–Trinajstić information content (AvgIpc) is 2.03. The monoisotopic (exact) mass is 162 g/mol. The molecule has 0 atom stereocenters. The standard InChI is InChI=1S/C11H11F/c1-4-9-7-10(12)5-6-11(9)8(2)3/h4-7H,1-2H2,3H3. The van der Waals surface area contributed by atoms with E-state index in [-0.39, 0.29) is 5.82 Å². The van der Waals surface area contributed by atoms with Crippen molar-refractivity contribution in [2.45, 2.75) is 6.92 Å². The van der Waals surface area contributed by atoms with Crippen LogP contribution in [0.1, 0.15) is 18.1 Å². The van der Waals surface area contributed by atoms with Crippen molar-refractivity contribution >= 4 is 11.6 Å². The lowest BCUT2D eigenvalue weighted by atomic mass is 10.0. The molecule has 0 aliphatic heterocycles. The Bertz CT molecular complexity index is 324. The molecule has 0 fully saturated rings. The van der Waals surface area contributed by atoms with Crippen LogP contribution in [0.3, 0.4) is 0 Å². The molecule has 0 aliphatic rings. The van der Waals surface area contributed by atoms with Gasteiger partial charge in [-0.1, -0.05) is 30.9 Å². The summed E-state index contributed by atoms with van der Waals surface area (Å²) in [6.45, 7) is 9.29. The van der Waals surface area contributed by atoms with Crippen molar-refractivity contribution in [1.82, 2.24) is 0 Å². The summed E-state index contributed by atoms with van der Waals surface area (Å²) in [6, 6.07) is 4.60. The lowest BCUT2D eigenvalue weighted by molar-refractivity contribution is 0.627. The van der Waals surface area contributed by atoms with Crippen LogP contribution in [0.5, 0.6) is 0 Å². The zero-order valence-electron chi connectivity index (χ0n) is 7.10. The summed E-state index contributed by atoms with van der Waals surface area (Å²) in [4.78, 5) is 0. The van der Waals surface area contributed by atoms with Crippen molar-refractivity contribution in [2.75, 3.05) is 0 Å². The van der Waals surface area contributed by atoms with Gasteiger partial charge in [0.2, 0.25) is 0 Å². The minimum absolute atomic E-state index is 0.241. The second-order valence-corrected chi connectivity index (χ2v) is 2.72. The molecule has 0 N–H and O–H groups in total. The topological polar surface area (TPSA) is 0 Å². The molecule has 0 heterocycles. The maximum Gasteiger partial charge on any atom is 0.123 e. The van der Waals surface area contributed by atoms with E-state index in [1.54, 1.807) is 12.1 Å². The van der Waals surface area contributed by atoms with E-state index in [2.05, 4.69) is 13.2 Å². The molecule has 0 saturated carbocycles. The zero-order chi connectivity index (χ0) is 9.14. The van der Waals surface area contributed by atoms with Crippen molar-refractivity contribution in [2.24, 2.45) is 0 Å². The van der Waals surface area contributed by atoms with Crippen LogP contribution in [-0.4, -0.2) is 0 Å². The first-order valence-corrected chi connectivity index (χ1v) is 3.73. The zero-order valence-corrected chi connectivity index (χ0v) is 7.10. The number of benzene rings is 1. The molecule has 1 aromatic carbocycles. The van der Waals surface area contributed by atoms with Gasteiger partial charge in [-0.15, -0.1) is 0 Å². The first-order valence-electron chi connectivity index (χ1n) is 3.73. The Kier molecular flexibility index (Phi) is 2.44. The molecule has 62 valence electrons. The third kappa shape index (κ3) is 1.62. The number of allylic oxidation sites excluding steroid dienone is 1. The molecule has 0 bridgehead atoms. The minimum atomic E-state index is -0.241. The highest BCUT2D eigenvalue weighted by Crippen LogP contribution is 2.19. The maximum atomic E-state index is 12.7. The van der Waals surface area contributed by atoms with Gasteiger partial charge in [-0.3, -0.25) is 0 Å². The number of rotatable bonds is 2. The van der Waals surface area contributed by atoms with E-state index in [0.29, 0.717) is 0 Å². The van der Waals surface area contributed by atoms with Crippen LogP contribution in [-0.2, 0) is 0 Å². The largest absolute Gasteiger partial charge is 0.207 e. The minimum Gasteiger partial charge on any atom is -0.207 e. The fourth-order valence-electron chi connectivity index (χ4n) is 1.09. The molecule has 0 amide bonds. The SMILES string of the molecule is C=Cc1cc(F)ccc1C(=C)C. The van der Waals surface area contributed by atoms with Gasteiger partial charge < -0.3 is 0 Å². The number of halogens is 1. The Balaban J connectivity index is 3.29. The van der Waals surface area contributed by atoms with E-state index < -0.39 is 0 Å². The first kappa shape index (κ1) is 8.72. The van der Waals surface area contributed by atoms with Gasteiger partial charge in [0.15, 0.2) is 0 Å². The van der Waals surface area contributed by atoms with Crippen molar-refractivity contribution in [3.05, 3.63) is 48.3 Å². The summed E-state index contributed by atoms with van der Waals surface area (Å²) < 4.78 is 12.7. The van der Waals surface area contributed by atoms with Gasteiger partial charge >= 0.3 is 0 Å². The molecule has 0 aliphatic carbocycles. The van der Waals surface area contributed by atoms with Gasteiger partial charge in [-0.2, -0.15) is 0 Å². The van der Waals surface area contributed by atoms with Gasteiger partial charge in [-0.05, 0) is 30.2 Å². The molecular formula is C11H11F. The molecule has 0 spiro atoms. The molecule has 0 unspecified atom stereocenters. The van der Waals surface area contributed by atoms with E-state index >= 15 is 0 Å². The van der Waals surface area contributed by atoms with Crippen molar-refractivity contribution in [1.29, 1.82) is 0 Å². The molecular weight excluding hydrogens is 151 g/mol. The van der Waals surface area contributed by atoms with Crippen LogP contribution in [0.2, 0.25) is 0 Å². The first-order chi connectivity index (χ1) is 5.65. The van der Waals surface area contributed by atoms with E-state index in [9.17, 15) is 4.39 Å². The van der Waals surface area contributed by atoms with E-state index in [1.807, 2.05) is 6.92 Å². The highest BCUT2D eigenvalue weighted by molar-refractivity contribution is 5.71. The summed E-state index contributed by atoms with van der Waals surface area (Å²) in [7, 11) is 0. The highest BCUT2D eigenvalue weighted by Gasteiger charge is 2.00. The normalized spacial score (nSPS) is 9.50. The highest BCUT2D eigenvalue weighted by atomic mass is 19.1. The fraction of sp³-hybridized carbons (Fsp3) is 0.0909. The quantitative estimate of drug-likeness (QED) is 0.624. The van der Waals surface area contributed by atoms with Crippen LogP contribution in [0.25, 0.3) is 11.6 Å². The third-order valence-corrected chi connectivity index (χ3v) is 1.69. The Hall–Kier alpha value is -1.37. The Morgan fingerprint density at radius 2 is 2.17 bits per heavy atom. The number of hydrogen-bond donors (Lipinski definition) is 0. The second kappa shape index (κ2) is 3.35. The Labute approximate surface area is 72.0 Å². The number of hydrogen-bond acceptors (Lipinski definition) is 0. The van der Waals surface area contributed by atoms with Crippen molar-refractivity contribution in [3.63, 3.8) is 0 Å². The molecule has 12 heavy (non-hydrogen) atoms. The summed E-state index contributed by atoms with van der Waals surface area (Å²) >= 11 is 0. The molecule has 0 aromatic heterocycles. The lowest BCUT2D eigenvalue weighted by Crippen LogP contribution is -1.85.